The Labute approximate surface area is 82.0 Å². The highest BCUT2D eigenvalue weighted by Gasteiger charge is 2.02. The van der Waals surface area contributed by atoms with Crippen molar-refractivity contribution < 1.29 is 13.9 Å². The molecule has 1 aromatic rings. The van der Waals surface area contributed by atoms with E-state index in [1.165, 1.54) is 12.1 Å². The SMILES string of the molecule is C=C(C)C(=O)OCc1ccc(F)cc1. The van der Waals surface area contributed by atoms with Crippen LogP contribution >= 0.6 is 0 Å². The minimum atomic E-state index is -0.436. The summed E-state index contributed by atoms with van der Waals surface area (Å²) in [4.78, 5) is 11.0. The Morgan fingerprint density at radius 1 is 1.43 bits per heavy atom. The average molecular weight is 194 g/mol. The Hall–Kier alpha value is -1.64. The second kappa shape index (κ2) is 4.56. The third kappa shape index (κ3) is 3.01. The highest BCUT2D eigenvalue weighted by Crippen LogP contribution is 2.05. The second-order valence-corrected chi connectivity index (χ2v) is 2.98. The highest BCUT2D eigenvalue weighted by atomic mass is 19.1. The monoisotopic (exact) mass is 194 g/mol. The van der Waals surface area contributed by atoms with E-state index in [2.05, 4.69) is 6.58 Å². The number of carbonyl (C=O) groups is 1. The normalized spacial score (nSPS) is 9.57. The van der Waals surface area contributed by atoms with Gasteiger partial charge in [0.1, 0.15) is 12.4 Å². The zero-order valence-electron chi connectivity index (χ0n) is 7.92. The molecule has 0 aromatic heterocycles. The van der Waals surface area contributed by atoms with E-state index in [-0.39, 0.29) is 12.4 Å². The number of ether oxygens (including phenoxy) is 1. The van der Waals surface area contributed by atoms with Crippen molar-refractivity contribution in [3.8, 4) is 0 Å². The number of halogens is 1. The summed E-state index contributed by atoms with van der Waals surface area (Å²) in [5.74, 6) is -0.741. The minimum absolute atomic E-state index is 0.145. The Bertz CT molecular complexity index is 341. The van der Waals surface area contributed by atoms with Crippen LogP contribution in [0.2, 0.25) is 0 Å². The molecular formula is C11H11FO2. The molecule has 0 atom stereocenters. The lowest BCUT2D eigenvalue weighted by atomic mass is 10.2. The van der Waals surface area contributed by atoms with E-state index >= 15 is 0 Å². The van der Waals surface area contributed by atoms with Crippen molar-refractivity contribution in [3.63, 3.8) is 0 Å². The lowest BCUT2D eigenvalue weighted by molar-refractivity contribution is -0.140. The first-order chi connectivity index (χ1) is 6.59. The third-order valence-electron chi connectivity index (χ3n) is 1.63. The first kappa shape index (κ1) is 10.4. The molecule has 0 bridgehead atoms. The van der Waals surface area contributed by atoms with Crippen molar-refractivity contribution in [2.24, 2.45) is 0 Å². The first-order valence-corrected chi connectivity index (χ1v) is 4.16. The fourth-order valence-electron chi connectivity index (χ4n) is 0.853. The topological polar surface area (TPSA) is 26.3 Å². The standard InChI is InChI=1S/C11H11FO2/c1-8(2)11(13)14-7-9-3-5-10(12)6-4-9/h3-6H,1,7H2,2H3. The number of carbonyl (C=O) groups excluding carboxylic acids is 1. The van der Waals surface area contributed by atoms with Gasteiger partial charge in [0.05, 0.1) is 0 Å². The number of hydrogen-bond donors (Lipinski definition) is 0. The van der Waals surface area contributed by atoms with Gasteiger partial charge in [-0.1, -0.05) is 18.7 Å². The average Bonchev–Trinajstić information content (AvgIpc) is 2.16. The van der Waals surface area contributed by atoms with Gasteiger partial charge in [0.2, 0.25) is 0 Å². The number of hydrogen-bond acceptors (Lipinski definition) is 2. The molecule has 0 amide bonds. The van der Waals surface area contributed by atoms with Crippen molar-refractivity contribution >= 4 is 5.97 Å². The predicted octanol–water partition coefficient (Wildman–Crippen LogP) is 2.45. The molecule has 74 valence electrons. The Kier molecular flexibility index (Phi) is 3.40. The van der Waals surface area contributed by atoms with Crippen LogP contribution in [-0.4, -0.2) is 5.97 Å². The maximum atomic E-state index is 12.5. The van der Waals surface area contributed by atoms with E-state index in [9.17, 15) is 9.18 Å². The van der Waals surface area contributed by atoms with E-state index < -0.39 is 5.97 Å². The van der Waals surface area contributed by atoms with Crippen molar-refractivity contribution in [3.05, 3.63) is 47.8 Å². The molecule has 3 heteroatoms. The molecule has 0 N–H and O–H groups in total. The largest absolute Gasteiger partial charge is 0.457 e. The maximum Gasteiger partial charge on any atom is 0.333 e. The van der Waals surface area contributed by atoms with E-state index in [1.807, 2.05) is 0 Å². The van der Waals surface area contributed by atoms with Gasteiger partial charge in [-0.05, 0) is 24.6 Å². The molecule has 0 unspecified atom stereocenters. The Morgan fingerprint density at radius 2 is 2.00 bits per heavy atom. The fraction of sp³-hybridized carbons (Fsp3) is 0.182. The van der Waals surface area contributed by atoms with Crippen LogP contribution in [0, 0.1) is 5.82 Å². The molecule has 2 nitrogen and oxygen atoms in total. The van der Waals surface area contributed by atoms with Gasteiger partial charge in [-0.2, -0.15) is 0 Å². The summed E-state index contributed by atoms with van der Waals surface area (Å²) in [5, 5.41) is 0. The fourth-order valence-corrected chi connectivity index (χ4v) is 0.853. The molecule has 0 spiro atoms. The summed E-state index contributed by atoms with van der Waals surface area (Å²) < 4.78 is 17.4. The number of rotatable bonds is 3. The van der Waals surface area contributed by atoms with Crippen LogP contribution in [0.3, 0.4) is 0 Å². The molecule has 0 fully saturated rings. The van der Waals surface area contributed by atoms with Gasteiger partial charge in [0.15, 0.2) is 0 Å². The van der Waals surface area contributed by atoms with E-state index in [1.54, 1.807) is 19.1 Å². The van der Waals surface area contributed by atoms with Crippen LogP contribution in [-0.2, 0) is 16.1 Å². The maximum absolute atomic E-state index is 12.5. The molecule has 0 aliphatic rings. The molecule has 0 heterocycles. The van der Waals surface area contributed by atoms with Crippen LogP contribution in [0.5, 0.6) is 0 Å². The quantitative estimate of drug-likeness (QED) is 0.545. The van der Waals surface area contributed by atoms with E-state index in [0.717, 1.165) is 5.56 Å². The van der Waals surface area contributed by atoms with Gasteiger partial charge >= 0.3 is 5.97 Å². The van der Waals surface area contributed by atoms with Gasteiger partial charge in [0.25, 0.3) is 0 Å². The van der Waals surface area contributed by atoms with Crippen molar-refractivity contribution in [2.75, 3.05) is 0 Å². The van der Waals surface area contributed by atoms with Gasteiger partial charge < -0.3 is 4.74 Å². The van der Waals surface area contributed by atoms with Gasteiger partial charge in [0, 0.05) is 5.57 Å². The van der Waals surface area contributed by atoms with Crippen LogP contribution in [0.1, 0.15) is 12.5 Å². The van der Waals surface area contributed by atoms with Crippen molar-refractivity contribution in [1.82, 2.24) is 0 Å². The summed E-state index contributed by atoms with van der Waals surface area (Å²) in [6, 6.07) is 5.79. The van der Waals surface area contributed by atoms with E-state index in [4.69, 9.17) is 4.74 Å². The molecule has 0 aliphatic carbocycles. The summed E-state index contributed by atoms with van der Waals surface area (Å²) in [5.41, 5.74) is 1.10. The molecule has 1 rings (SSSR count). The minimum Gasteiger partial charge on any atom is -0.457 e. The smallest absolute Gasteiger partial charge is 0.333 e. The molecule has 0 aliphatic heterocycles. The molecule has 0 saturated heterocycles. The van der Waals surface area contributed by atoms with Crippen LogP contribution in [0.4, 0.5) is 4.39 Å². The second-order valence-electron chi connectivity index (χ2n) is 2.98. The van der Waals surface area contributed by atoms with E-state index in [0.29, 0.717) is 5.57 Å². The molecule has 0 saturated carbocycles. The zero-order chi connectivity index (χ0) is 10.6. The number of benzene rings is 1. The molecular weight excluding hydrogens is 183 g/mol. The van der Waals surface area contributed by atoms with Crippen molar-refractivity contribution in [1.29, 1.82) is 0 Å². The van der Waals surface area contributed by atoms with Crippen molar-refractivity contribution in [2.45, 2.75) is 13.5 Å². The molecule has 14 heavy (non-hydrogen) atoms. The molecule has 1 aromatic carbocycles. The molecule has 0 radical (unpaired) electrons. The van der Waals surface area contributed by atoms with Gasteiger partial charge in [-0.25, -0.2) is 9.18 Å². The third-order valence-corrected chi connectivity index (χ3v) is 1.63. The summed E-state index contributed by atoms with van der Waals surface area (Å²) in [6.45, 7) is 5.17. The number of esters is 1. The van der Waals surface area contributed by atoms with Gasteiger partial charge in [-0.3, -0.25) is 0 Å². The predicted molar refractivity (Wildman–Crippen MR) is 51.0 cm³/mol. The highest BCUT2D eigenvalue weighted by molar-refractivity contribution is 5.86. The summed E-state index contributed by atoms with van der Waals surface area (Å²) >= 11 is 0. The Morgan fingerprint density at radius 3 is 2.50 bits per heavy atom. The first-order valence-electron chi connectivity index (χ1n) is 4.16. The van der Waals surface area contributed by atoms with Crippen LogP contribution in [0.15, 0.2) is 36.4 Å². The summed E-state index contributed by atoms with van der Waals surface area (Å²) in [7, 11) is 0. The zero-order valence-corrected chi connectivity index (χ0v) is 7.92. The van der Waals surface area contributed by atoms with Crippen LogP contribution in [0.25, 0.3) is 0 Å². The Balaban J connectivity index is 2.50. The van der Waals surface area contributed by atoms with Gasteiger partial charge in [-0.15, -0.1) is 0 Å². The lowest BCUT2D eigenvalue weighted by Crippen LogP contribution is -2.04. The summed E-state index contributed by atoms with van der Waals surface area (Å²) in [6.07, 6.45) is 0. The lowest BCUT2D eigenvalue weighted by Gasteiger charge is -2.03. The van der Waals surface area contributed by atoms with Crippen LogP contribution < -0.4 is 0 Å².